The molecule has 4 heterocycles. The van der Waals surface area contributed by atoms with E-state index in [1.54, 1.807) is 12.3 Å². The van der Waals surface area contributed by atoms with Crippen LogP contribution < -0.4 is 10.5 Å². The van der Waals surface area contributed by atoms with Crippen LogP contribution in [0.2, 0.25) is 0 Å². The standard InChI is InChI=1S/C25H32F3N5O4/c26-25(27,28)7-3-20(34)32-10-8-24(36,23(16-32)5-1-2-6-23)17-33-9-4-19-18(21(33)35)15-29-22(30-19)31-11-13-37-14-12-31/h4,9,15,36H,1-3,5-8,10-14,16-17H2. The molecule has 2 saturated heterocycles. The molecular formula is C25H32F3N5O4. The highest BCUT2D eigenvalue weighted by Crippen LogP contribution is 2.51. The Hall–Kier alpha value is -2.73. The number of fused-ring (bicyclic) bond motifs is 1. The van der Waals surface area contributed by atoms with E-state index >= 15 is 0 Å². The predicted octanol–water partition coefficient (Wildman–Crippen LogP) is 2.49. The summed E-state index contributed by atoms with van der Waals surface area (Å²) in [5, 5.41) is 12.3. The van der Waals surface area contributed by atoms with Gasteiger partial charge in [-0.2, -0.15) is 13.2 Å². The van der Waals surface area contributed by atoms with Crippen LogP contribution in [0.25, 0.3) is 10.9 Å². The minimum Gasteiger partial charge on any atom is -0.387 e. The Bertz CT molecular complexity index is 1210. The van der Waals surface area contributed by atoms with E-state index in [1.807, 2.05) is 4.90 Å². The number of ether oxygens (including phenoxy) is 1. The summed E-state index contributed by atoms with van der Waals surface area (Å²) in [6.07, 6.45) is 0.238. The fourth-order valence-corrected chi connectivity index (χ4v) is 6.10. The number of aliphatic hydroxyl groups is 1. The van der Waals surface area contributed by atoms with E-state index in [4.69, 9.17) is 4.74 Å². The summed E-state index contributed by atoms with van der Waals surface area (Å²) in [4.78, 5) is 38.3. The highest BCUT2D eigenvalue weighted by atomic mass is 19.4. The van der Waals surface area contributed by atoms with Crippen molar-refractivity contribution in [3.05, 3.63) is 28.8 Å². The SMILES string of the molecule is O=C(CCC(F)(F)F)N1CCC(O)(Cn2ccc3nc(N4CCOCC4)ncc3c2=O)C2(CCCC2)C1. The van der Waals surface area contributed by atoms with Crippen molar-refractivity contribution in [3.63, 3.8) is 0 Å². The molecule has 202 valence electrons. The molecule has 1 aliphatic carbocycles. The van der Waals surface area contributed by atoms with Gasteiger partial charge in [0.2, 0.25) is 11.9 Å². The zero-order valence-corrected chi connectivity index (χ0v) is 20.7. The van der Waals surface area contributed by atoms with Crippen molar-refractivity contribution in [2.75, 3.05) is 44.3 Å². The fraction of sp³-hybridized carbons (Fsp3) is 0.680. The number of rotatable bonds is 5. The number of carbonyl (C=O) groups is 1. The molecule has 9 nitrogen and oxygen atoms in total. The lowest BCUT2D eigenvalue weighted by Gasteiger charge is -2.52. The van der Waals surface area contributed by atoms with Crippen LogP contribution in [0.4, 0.5) is 19.1 Å². The first-order valence-corrected chi connectivity index (χ1v) is 12.9. The van der Waals surface area contributed by atoms with Crippen LogP contribution in [-0.2, 0) is 16.1 Å². The van der Waals surface area contributed by atoms with Crippen molar-refractivity contribution in [1.29, 1.82) is 0 Å². The number of halogens is 3. The van der Waals surface area contributed by atoms with Gasteiger partial charge in [-0.1, -0.05) is 12.8 Å². The van der Waals surface area contributed by atoms with Crippen molar-refractivity contribution in [2.45, 2.75) is 63.3 Å². The van der Waals surface area contributed by atoms with E-state index in [1.165, 1.54) is 15.7 Å². The molecule has 3 aliphatic rings. The van der Waals surface area contributed by atoms with Gasteiger partial charge in [0.05, 0.1) is 42.7 Å². The van der Waals surface area contributed by atoms with Crippen molar-refractivity contribution in [2.24, 2.45) is 5.41 Å². The highest BCUT2D eigenvalue weighted by molar-refractivity contribution is 5.77. The van der Waals surface area contributed by atoms with Crippen molar-refractivity contribution >= 4 is 22.8 Å². The summed E-state index contributed by atoms with van der Waals surface area (Å²) in [6.45, 7) is 2.93. The van der Waals surface area contributed by atoms with E-state index in [0.29, 0.717) is 56.0 Å². The summed E-state index contributed by atoms with van der Waals surface area (Å²) in [6, 6.07) is 1.74. The number of aromatic nitrogens is 3. The topological polar surface area (TPSA) is 101 Å². The quantitative estimate of drug-likeness (QED) is 0.643. The second-order valence-electron chi connectivity index (χ2n) is 10.5. The number of nitrogens with zero attached hydrogens (tertiary/aromatic N) is 5. The number of piperidine rings is 1. The van der Waals surface area contributed by atoms with Gasteiger partial charge in [0, 0.05) is 50.4 Å². The number of amides is 1. The highest BCUT2D eigenvalue weighted by Gasteiger charge is 2.55. The van der Waals surface area contributed by atoms with E-state index in [-0.39, 0.29) is 31.6 Å². The first-order chi connectivity index (χ1) is 17.6. The maximum atomic E-state index is 13.4. The Morgan fingerprint density at radius 2 is 1.86 bits per heavy atom. The molecule has 1 unspecified atom stereocenters. The van der Waals surface area contributed by atoms with Crippen LogP contribution >= 0.6 is 0 Å². The number of likely N-dealkylation sites (tertiary alicyclic amines) is 1. The number of hydrogen-bond acceptors (Lipinski definition) is 7. The monoisotopic (exact) mass is 523 g/mol. The van der Waals surface area contributed by atoms with Gasteiger partial charge >= 0.3 is 6.18 Å². The van der Waals surface area contributed by atoms with Crippen molar-refractivity contribution in [3.8, 4) is 0 Å². The number of alkyl halides is 3. The third-order valence-corrected chi connectivity index (χ3v) is 8.25. The van der Waals surface area contributed by atoms with Gasteiger partial charge in [0.1, 0.15) is 0 Å². The maximum absolute atomic E-state index is 13.4. The zero-order chi connectivity index (χ0) is 26.3. The fourth-order valence-electron chi connectivity index (χ4n) is 6.10. The van der Waals surface area contributed by atoms with Gasteiger partial charge in [-0.15, -0.1) is 0 Å². The Morgan fingerprint density at radius 1 is 1.14 bits per heavy atom. The van der Waals surface area contributed by atoms with E-state index in [9.17, 15) is 27.9 Å². The van der Waals surface area contributed by atoms with Crippen molar-refractivity contribution < 1.29 is 27.8 Å². The molecule has 3 fully saturated rings. The number of anilines is 1. The Labute approximate surface area is 212 Å². The third-order valence-electron chi connectivity index (χ3n) is 8.25. The second kappa shape index (κ2) is 9.86. The largest absolute Gasteiger partial charge is 0.389 e. The van der Waals surface area contributed by atoms with Gasteiger partial charge in [-0.25, -0.2) is 9.97 Å². The Kier molecular flexibility index (Phi) is 6.90. The minimum atomic E-state index is -4.39. The number of hydrogen-bond donors (Lipinski definition) is 1. The van der Waals surface area contributed by atoms with Gasteiger partial charge < -0.3 is 24.2 Å². The van der Waals surface area contributed by atoms with Gasteiger partial charge in [0.25, 0.3) is 5.56 Å². The molecule has 2 aromatic rings. The Balaban J connectivity index is 1.36. The summed E-state index contributed by atoms with van der Waals surface area (Å²) in [7, 11) is 0. The molecule has 1 N–H and O–H groups in total. The van der Waals surface area contributed by atoms with Gasteiger partial charge in [0.15, 0.2) is 0 Å². The van der Waals surface area contributed by atoms with Gasteiger partial charge in [-0.05, 0) is 25.3 Å². The van der Waals surface area contributed by atoms with Crippen molar-refractivity contribution in [1.82, 2.24) is 19.4 Å². The lowest BCUT2D eigenvalue weighted by molar-refractivity contribution is -0.166. The first-order valence-electron chi connectivity index (χ1n) is 12.9. The van der Waals surface area contributed by atoms with Crippen LogP contribution in [-0.4, -0.2) is 81.6 Å². The molecule has 12 heteroatoms. The van der Waals surface area contributed by atoms with Crippen LogP contribution in [0.15, 0.2) is 23.3 Å². The van der Waals surface area contributed by atoms with Gasteiger partial charge in [-0.3, -0.25) is 9.59 Å². The average Bonchev–Trinajstić information content (AvgIpc) is 3.36. The normalized spacial score (nSPS) is 24.2. The molecule has 0 bridgehead atoms. The molecule has 1 saturated carbocycles. The van der Waals surface area contributed by atoms with E-state index in [0.717, 1.165) is 12.8 Å². The number of pyridine rings is 1. The van der Waals surface area contributed by atoms with Crippen LogP contribution in [0.1, 0.15) is 44.9 Å². The molecule has 5 rings (SSSR count). The molecule has 1 spiro atoms. The molecule has 1 amide bonds. The second-order valence-corrected chi connectivity index (χ2v) is 10.5. The van der Waals surface area contributed by atoms with E-state index < -0.39 is 35.9 Å². The average molecular weight is 524 g/mol. The van der Waals surface area contributed by atoms with Crippen LogP contribution in [0, 0.1) is 5.41 Å². The first kappa shape index (κ1) is 25.9. The molecular weight excluding hydrogens is 491 g/mol. The molecule has 1 atom stereocenters. The third kappa shape index (κ3) is 5.18. The minimum absolute atomic E-state index is 0.0393. The summed E-state index contributed by atoms with van der Waals surface area (Å²) in [5.41, 5.74) is -1.72. The van der Waals surface area contributed by atoms with E-state index in [2.05, 4.69) is 9.97 Å². The maximum Gasteiger partial charge on any atom is 0.389 e. The molecule has 2 aromatic heterocycles. The predicted molar refractivity (Wildman–Crippen MR) is 129 cm³/mol. The lowest BCUT2D eigenvalue weighted by atomic mass is 9.65. The molecule has 2 aliphatic heterocycles. The van der Waals surface area contributed by atoms with Crippen LogP contribution in [0.3, 0.4) is 0 Å². The molecule has 0 radical (unpaired) electrons. The lowest BCUT2D eigenvalue weighted by Crippen LogP contribution is -2.62. The number of carbonyl (C=O) groups excluding carboxylic acids is 1. The summed E-state index contributed by atoms with van der Waals surface area (Å²) < 4.78 is 44.8. The smallest absolute Gasteiger partial charge is 0.387 e. The Morgan fingerprint density at radius 3 is 2.57 bits per heavy atom. The zero-order valence-electron chi connectivity index (χ0n) is 20.7. The summed E-state index contributed by atoms with van der Waals surface area (Å²) in [5.74, 6) is 0.000733. The number of morpholine rings is 1. The molecule has 37 heavy (non-hydrogen) atoms. The van der Waals surface area contributed by atoms with Crippen LogP contribution in [0.5, 0.6) is 0 Å². The summed E-state index contributed by atoms with van der Waals surface area (Å²) >= 11 is 0. The molecule has 0 aromatic carbocycles.